The fourth-order valence-electron chi connectivity index (χ4n) is 2.30. The number of amides is 1. The minimum absolute atomic E-state index is 0.206. The maximum Gasteiger partial charge on any atom is 0.252 e. The van der Waals surface area contributed by atoms with Crippen LogP contribution in [0.25, 0.3) is 16.9 Å². The van der Waals surface area contributed by atoms with E-state index in [1.807, 2.05) is 6.07 Å². The number of sulfonamides is 1. The first-order chi connectivity index (χ1) is 12.3. The molecule has 0 aliphatic carbocycles. The Morgan fingerprint density at radius 2 is 2.08 bits per heavy atom. The zero-order valence-corrected chi connectivity index (χ0v) is 15.1. The third kappa shape index (κ3) is 4.03. The van der Waals surface area contributed by atoms with Crippen molar-refractivity contribution in [2.75, 3.05) is 26.4 Å². The number of hydrogen-bond donors (Lipinski definition) is 1. The van der Waals surface area contributed by atoms with Gasteiger partial charge in [-0.25, -0.2) is 22.2 Å². The standard InChI is InChI=1S/C16H18N6O3S/c1-21(26(2,24)25)7-6-17-15(23)13-5-3-4-12(8-13)14-9-18-16-19-11-20-22(16)10-14/h3-5,8-11H,6-7H2,1-2H3,(H,17,23). The second-order valence-electron chi connectivity index (χ2n) is 5.77. The lowest BCUT2D eigenvalue weighted by Crippen LogP contribution is -2.35. The molecule has 0 radical (unpaired) electrons. The number of rotatable bonds is 6. The minimum Gasteiger partial charge on any atom is -0.351 e. The van der Waals surface area contributed by atoms with E-state index in [0.717, 1.165) is 17.4 Å². The topological polar surface area (TPSA) is 110 Å². The Bertz CT molecular complexity index is 1050. The average molecular weight is 374 g/mol. The Balaban J connectivity index is 1.71. The van der Waals surface area contributed by atoms with Gasteiger partial charge in [0.1, 0.15) is 6.33 Å². The summed E-state index contributed by atoms with van der Waals surface area (Å²) in [7, 11) is -1.79. The number of carbonyl (C=O) groups excluding carboxylic acids is 1. The quantitative estimate of drug-likeness (QED) is 0.669. The van der Waals surface area contributed by atoms with Crippen molar-refractivity contribution in [2.45, 2.75) is 0 Å². The van der Waals surface area contributed by atoms with E-state index in [4.69, 9.17) is 0 Å². The lowest BCUT2D eigenvalue weighted by molar-refractivity contribution is 0.0952. The molecule has 9 nitrogen and oxygen atoms in total. The molecule has 0 aliphatic rings. The normalized spacial score (nSPS) is 11.8. The van der Waals surface area contributed by atoms with Gasteiger partial charge in [-0.1, -0.05) is 12.1 Å². The van der Waals surface area contributed by atoms with Crippen molar-refractivity contribution in [1.29, 1.82) is 0 Å². The third-order valence-electron chi connectivity index (χ3n) is 3.87. The summed E-state index contributed by atoms with van der Waals surface area (Å²) in [6.45, 7) is 0.427. The van der Waals surface area contributed by atoms with Crippen molar-refractivity contribution in [3.05, 3.63) is 48.5 Å². The van der Waals surface area contributed by atoms with Crippen molar-refractivity contribution in [3.8, 4) is 11.1 Å². The van der Waals surface area contributed by atoms with Crippen LogP contribution in [0.2, 0.25) is 0 Å². The van der Waals surface area contributed by atoms with Crippen LogP contribution in [-0.2, 0) is 10.0 Å². The van der Waals surface area contributed by atoms with Crippen molar-refractivity contribution in [2.24, 2.45) is 0 Å². The van der Waals surface area contributed by atoms with Gasteiger partial charge in [0.25, 0.3) is 11.7 Å². The summed E-state index contributed by atoms with van der Waals surface area (Å²) in [6, 6.07) is 7.09. The van der Waals surface area contributed by atoms with E-state index < -0.39 is 10.0 Å². The zero-order valence-electron chi connectivity index (χ0n) is 14.3. The summed E-state index contributed by atoms with van der Waals surface area (Å²) < 4.78 is 25.4. The van der Waals surface area contributed by atoms with Gasteiger partial charge in [-0.05, 0) is 17.7 Å². The highest BCUT2D eigenvalue weighted by atomic mass is 32.2. The summed E-state index contributed by atoms with van der Waals surface area (Å²) in [5.74, 6) is 0.223. The van der Waals surface area contributed by atoms with Crippen molar-refractivity contribution < 1.29 is 13.2 Å². The second-order valence-corrected chi connectivity index (χ2v) is 7.86. The summed E-state index contributed by atoms with van der Waals surface area (Å²) in [6.07, 6.45) is 6.00. The molecule has 0 saturated carbocycles. The number of benzene rings is 1. The largest absolute Gasteiger partial charge is 0.351 e. The van der Waals surface area contributed by atoms with Crippen LogP contribution >= 0.6 is 0 Å². The molecule has 0 unspecified atom stereocenters. The van der Waals surface area contributed by atoms with Gasteiger partial charge in [-0.2, -0.15) is 10.1 Å². The van der Waals surface area contributed by atoms with Crippen LogP contribution in [0, 0.1) is 0 Å². The molecule has 1 amide bonds. The van der Waals surface area contributed by atoms with E-state index in [0.29, 0.717) is 11.3 Å². The molecule has 10 heteroatoms. The Kier molecular flexibility index (Phi) is 4.96. The maximum atomic E-state index is 12.3. The molecule has 2 heterocycles. The summed E-state index contributed by atoms with van der Waals surface area (Å²) in [5.41, 5.74) is 2.09. The number of aromatic nitrogens is 4. The first-order valence-corrected chi connectivity index (χ1v) is 9.65. The van der Waals surface area contributed by atoms with Crippen LogP contribution in [0.15, 0.2) is 43.0 Å². The minimum atomic E-state index is -3.26. The van der Waals surface area contributed by atoms with Gasteiger partial charge in [0.2, 0.25) is 10.0 Å². The Labute approximate surface area is 150 Å². The van der Waals surface area contributed by atoms with E-state index in [-0.39, 0.29) is 19.0 Å². The van der Waals surface area contributed by atoms with Gasteiger partial charge in [-0.3, -0.25) is 4.79 Å². The van der Waals surface area contributed by atoms with E-state index in [1.54, 1.807) is 35.1 Å². The highest BCUT2D eigenvalue weighted by Crippen LogP contribution is 2.19. The molecule has 0 aliphatic heterocycles. The number of likely N-dealkylation sites (N-methyl/N-ethyl adjacent to an activating group) is 1. The molecular formula is C16H18N6O3S. The SMILES string of the molecule is CN(CCNC(=O)c1cccc(-c2cnc3ncnn3c2)c1)S(C)(=O)=O. The van der Waals surface area contributed by atoms with Gasteiger partial charge >= 0.3 is 0 Å². The van der Waals surface area contributed by atoms with Crippen molar-refractivity contribution in [3.63, 3.8) is 0 Å². The van der Waals surface area contributed by atoms with Crippen molar-refractivity contribution >= 4 is 21.7 Å². The third-order valence-corrected chi connectivity index (χ3v) is 5.19. The van der Waals surface area contributed by atoms with E-state index in [2.05, 4.69) is 20.4 Å². The first kappa shape index (κ1) is 18.0. The number of carbonyl (C=O) groups is 1. The van der Waals surface area contributed by atoms with Gasteiger partial charge in [-0.15, -0.1) is 0 Å². The molecular weight excluding hydrogens is 356 g/mol. The predicted octanol–water partition coefficient (Wildman–Crippen LogP) is 0.412. The summed E-state index contributed by atoms with van der Waals surface area (Å²) >= 11 is 0. The highest BCUT2D eigenvalue weighted by Gasteiger charge is 2.12. The number of nitrogens with zero attached hydrogens (tertiary/aromatic N) is 5. The second kappa shape index (κ2) is 7.18. The molecule has 1 N–H and O–H groups in total. The van der Waals surface area contributed by atoms with Crippen LogP contribution < -0.4 is 5.32 Å². The smallest absolute Gasteiger partial charge is 0.252 e. The molecule has 26 heavy (non-hydrogen) atoms. The van der Waals surface area contributed by atoms with Crippen LogP contribution in [-0.4, -0.2) is 64.6 Å². The molecule has 0 atom stereocenters. The Hall–Kier alpha value is -2.85. The van der Waals surface area contributed by atoms with Crippen LogP contribution in [0.1, 0.15) is 10.4 Å². The Morgan fingerprint density at radius 3 is 2.85 bits per heavy atom. The maximum absolute atomic E-state index is 12.3. The molecule has 0 spiro atoms. The fourth-order valence-corrected chi connectivity index (χ4v) is 2.73. The number of hydrogen-bond acceptors (Lipinski definition) is 6. The molecule has 1 aromatic carbocycles. The monoisotopic (exact) mass is 374 g/mol. The van der Waals surface area contributed by atoms with Gasteiger partial charge in [0, 0.05) is 43.7 Å². The van der Waals surface area contributed by atoms with E-state index >= 15 is 0 Å². The molecule has 0 saturated heterocycles. The predicted molar refractivity (Wildman–Crippen MR) is 96.0 cm³/mol. The lowest BCUT2D eigenvalue weighted by atomic mass is 10.1. The van der Waals surface area contributed by atoms with Gasteiger partial charge in [0.15, 0.2) is 0 Å². The lowest BCUT2D eigenvalue weighted by Gasteiger charge is -2.14. The van der Waals surface area contributed by atoms with Crippen molar-refractivity contribution in [1.82, 2.24) is 29.2 Å². The fraction of sp³-hybridized carbons (Fsp3) is 0.250. The molecule has 3 aromatic rings. The van der Waals surface area contributed by atoms with Gasteiger partial charge in [0.05, 0.1) is 6.26 Å². The average Bonchev–Trinajstić information content (AvgIpc) is 3.08. The number of fused-ring (bicyclic) bond motifs is 1. The molecule has 3 rings (SSSR count). The summed E-state index contributed by atoms with van der Waals surface area (Å²) in [5, 5.41) is 6.77. The molecule has 0 fully saturated rings. The molecule has 136 valence electrons. The zero-order chi connectivity index (χ0) is 18.7. The van der Waals surface area contributed by atoms with Crippen LogP contribution in [0.4, 0.5) is 0 Å². The van der Waals surface area contributed by atoms with E-state index in [9.17, 15) is 13.2 Å². The molecule has 2 aromatic heterocycles. The van der Waals surface area contributed by atoms with Crippen LogP contribution in [0.5, 0.6) is 0 Å². The van der Waals surface area contributed by atoms with Gasteiger partial charge < -0.3 is 5.32 Å². The summed E-state index contributed by atoms with van der Waals surface area (Å²) in [4.78, 5) is 20.5. The number of nitrogens with one attached hydrogen (secondary N) is 1. The van der Waals surface area contributed by atoms with E-state index in [1.165, 1.54) is 17.7 Å². The van der Waals surface area contributed by atoms with Crippen LogP contribution in [0.3, 0.4) is 0 Å². The Morgan fingerprint density at radius 1 is 1.27 bits per heavy atom. The highest BCUT2D eigenvalue weighted by molar-refractivity contribution is 7.88. The first-order valence-electron chi connectivity index (χ1n) is 7.80. The molecule has 0 bridgehead atoms.